The number of quaternary nitrogens is 1. The van der Waals surface area contributed by atoms with Crippen LogP contribution in [0.4, 0.5) is 0 Å². The van der Waals surface area contributed by atoms with Gasteiger partial charge in [0.1, 0.15) is 6.54 Å². The van der Waals surface area contributed by atoms with Crippen LogP contribution in [0.25, 0.3) is 0 Å². The number of carbonyl (C=O) groups excluding carboxylic acids is 3. The van der Waals surface area contributed by atoms with Crippen molar-refractivity contribution >= 4 is 17.7 Å². The molecule has 1 unspecified atom stereocenters. The van der Waals surface area contributed by atoms with Crippen LogP contribution in [0, 0.1) is 5.92 Å². The normalized spacial score (nSPS) is 14.6. The summed E-state index contributed by atoms with van der Waals surface area (Å²) in [5, 5.41) is 11.1. The van der Waals surface area contributed by atoms with E-state index in [1.807, 2.05) is 28.1 Å². The first-order valence-electron chi connectivity index (χ1n) is 7.20. The molecule has 6 heteroatoms. The van der Waals surface area contributed by atoms with Crippen molar-refractivity contribution in [2.75, 3.05) is 27.7 Å². The Balaban J connectivity index is 5.65. The molecule has 6 nitrogen and oxygen atoms in total. The fourth-order valence-electron chi connectivity index (χ4n) is 2.13. The van der Waals surface area contributed by atoms with Gasteiger partial charge in [0.2, 0.25) is 5.60 Å². The van der Waals surface area contributed by atoms with Crippen molar-refractivity contribution in [2.24, 2.45) is 5.92 Å². The van der Waals surface area contributed by atoms with Crippen molar-refractivity contribution in [3.05, 3.63) is 0 Å². The van der Waals surface area contributed by atoms with Gasteiger partial charge in [0, 0.05) is 18.8 Å². The van der Waals surface area contributed by atoms with E-state index in [9.17, 15) is 19.5 Å². The summed E-state index contributed by atoms with van der Waals surface area (Å²) in [6.45, 7) is 5.20. The number of ether oxygens (including phenoxy) is 1. The molecule has 1 atom stereocenters. The average Bonchev–Trinajstić information content (AvgIpc) is 2.25. The maximum atomic E-state index is 12.5. The summed E-state index contributed by atoms with van der Waals surface area (Å²) in [5.41, 5.74) is -1.66. The molecule has 0 saturated carbocycles. The highest BCUT2D eigenvalue weighted by atomic mass is 16.6. The van der Waals surface area contributed by atoms with Gasteiger partial charge in [-0.05, 0) is 6.42 Å². The maximum Gasteiger partial charge on any atom is 0.309 e. The third-order valence-electron chi connectivity index (χ3n) is 2.91. The lowest BCUT2D eigenvalue weighted by atomic mass is 9.89. The van der Waals surface area contributed by atoms with E-state index in [-0.39, 0.29) is 18.7 Å². The van der Waals surface area contributed by atoms with Crippen molar-refractivity contribution in [3.8, 4) is 0 Å². The summed E-state index contributed by atoms with van der Waals surface area (Å²) >= 11 is 0. The van der Waals surface area contributed by atoms with Crippen LogP contribution in [0.15, 0.2) is 0 Å². The van der Waals surface area contributed by atoms with Gasteiger partial charge < -0.3 is 19.1 Å². The molecule has 0 amide bonds. The van der Waals surface area contributed by atoms with Crippen LogP contribution in [-0.2, 0) is 19.1 Å². The number of nitrogens with zero attached hydrogens (tertiary/aromatic N) is 1. The molecule has 0 aromatic heterocycles. The Hall–Kier alpha value is -1.43. The number of Topliss-reactive ketones (excluding diaryl/α,β-unsaturated/α-hetero) is 1. The Morgan fingerprint density at radius 3 is 2.05 bits per heavy atom. The maximum absolute atomic E-state index is 12.5. The van der Waals surface area contributed by atoms with Crippen LogP contribution in [0.5, 0.6) is 0 Å². The first-order valence-corrected chi connectivity index (χ1v) is 7.20. The van der Waals surface area contributed by atoms with Gasteiger partial charge in [-0.1, -0.05) is 20.8 Å². The molecule has 0 aliphatic rings. The predicted octanol–water partition coefficient (Wildman–Crippen LogP) is 0.140. The quantitative estimate of drug-likeness (QED) is 0.447. The number of aliphatic carboxylic acids is 1. The fourth-order valence-corrected chi connectivity index (χ4v) is 2.13. The number of ketones is 1. The zero-order valence-electron chi connectivity index (χ0n) is 13.9. The minimum atomic E-state index is -1.66. The molecule has 0 bridgehead atoms. The molecule has 0 aromatic rings. The van der Waals surface area contributed by atoms with Crippen molar-refractivity contribution in [3.63, 3.8) is 0 Å². The summed E-state index contributed by atoms with van der Waals surface area (Å²) in [5.74, 6) is -2.78. The van der Waals surface area contributed by atoms with E-state index in [4.69, 9.17) is 4.74 Å². The van der Waals surface area contributed by atoms with E-state index >= 15 is 0 Å². The van der Waals surface area contributed by atoms with Crippen molar-refractivity contribution < 1.29 is 28.7 Å². The molecule has 0 aliphatic carbocycles. The summed E-state index contributed by atoms with van der Waals surface area (Å²) in [7, 11) is 5.44. The molecule has 122 valence electrons. The number of carbonyl (C=O) groups is 3. The average molecular weight is 301 g/mol. The second-order valence-electron chi connectivity index (χ2n) is 6.74. The largest absolute Gasteiger partial charge is 0.550 e. The first kappa shape index (κ1) is 19.6. The summed E-state index contributed by atoms with van der Waals surface area (Å²) in [4.78, 5) is 35.5. The second-order valence-corrected chi connectivity index (χ2v) is 6.74. The van der Waals surface area contributed by atoms with Gasteiger partial charge in [0.25, 0.3) is 0 Å². The third kappa shape index (κ3) is 6.71. The molecule has 0 radical (unpaired) electrons. The van der Waals surface area contributed by atoms with E-state index in [1.165, 1.54) is 0 Å². The number of hydrogen-bond acceptors (Lipinski definition) is 5. The molecule has 21 heavy (non-hydrogen) atoms. The highest BCUT2D eigenvalue weighted by molar-refractivity contribution is 5.93. The number of hydrogen-bond donors (Lipinski definition) is 0. The zero-order chi connectivity index (χ0) is 16.8. The second kappa shape index (κ2) is 7.54. The molecular formula is C15H27NO5. The van der Waals surface area contributed by atoms with Gasteiger partial charge in [-0.2, -0.15) is 0 Å². The summed E-state index contributed by atoms with van der Waals surface area (Å²) < 4.78 is 5.68. The Morgan fingerprint density at radius 1 is 1.19 bits per heavy atom. The van der Waals surface area contributed by atoms with E-state index in [0.29, 0.717) is 10.9 Å². The molecule has 0 aromatic carbocycles. The lowest BCUT2D eigenvalue weighted by Gasteiger charge is -2.38. The molecule has 0 heterocycles. The van der Waals surface area contributed by atoms with E-state index < -0.39 is 29.9 Å². The van der Waals surface area contributed by atoms with E-state index in [1.54, 1.807) is 13.8 Å². The van der Waals surface area contributed by atoms with E-state index in [0.717, 1.165) is 0 Å². The summed E-state index contributed by atoms with van der Waals surface area (Å²) in [6, 6.07) is 0. The Kier molecular flexibility index (Phi) is 7.03. The molecule has 0 rings (SSSR count). The van der Waals surface area contributed by atoms with Crippen LogP contribution in [-0.4, -0.2) is 55.5 Å². The molecule has 0 saturated heterocycles. The van der Waals surface area contributed by atoms with Crippen LogP contribution in [0.3, 0.4) is 0 Å². The number of likely N-dealkylation sites (N-methyl/N-ethyl adjacent to an activating group) is 1. The zero-order valence-corrected chi connectivity index (χ0v) is 13.9. The first-order chi connectivity index (χ1) is 9.43. The summed E-state index contributed by atoms with van der Waals surface area (Å²) in [6.07, 6.45) is 0.114. The van der Waals surface area contributed by atoms with Gasteiger partial charge in [-0.3, -0.25) is 9.59 Å². The smallest absolute Gasteiger partial charge is 0.309 e. The van der Waals surface area contributed by atoms with Gasteiger partial charge in [0.15, 0.2) is 5.78 Å². The van der Waals surface area contributed by atoms with Gasteiger partial charge in [-0.15, -0.1) is 0 Å². The van der Waals surface area contributed by atoms with Crippen molar-refractivity contribution in [2.45, 2.75) is 45.6 Å². The molecule has 0 aliphatic heterocycles. The fraction of sp³-hybridized carbons (Fsp3) is 0.800. The third-order valence-corrected chi connectivity index (χ3v) is 2.91. The van der Waals surface area contributed by atoms with Crippen LogP contribution in [0.1, 0.15) is 40.0 Å². The van der Waals surface area contributed by atoms with Gasteiger partial charge in [-0.25, -0.2) is 0 Å². The van der Waals surface area contributed by atoms with Crippen LogP contribution >= 0.6 is 0 Å². The number of carboxylic acid groups (broad SMARTS) is 1. The van der Waals surface area contributed by atoms with Crippen molar-refractivity contribution in [1.29, 1.82) is 0 Å². The number of esters is 1. The van der Waals surface area contributed by atoms with Crippen molar-refractivity contribution in [1.82, 2.24) is 0 Å². The minimum Gasteiger partial charge on any atom is -0.550 e. The van der Waals surface area contributed by atoms with Gasteiger partial charge in [0.05, 0.1) is 27.1 Å². The van der Waals surface area contributed by atoms with Crippen LogP contribution in [0.2, 0.25) is 0 Å². The topological polar surface area (TPSA) is 83.5 Å². The number of carboxylic acids is 1. The predicted molar refractivity (Wildman–Crippen MR) is 76.1 cm³/mol. The highest BCUT2D eigenvalue weighted by Gasteiger charge is 2.46. The molecule has 0 N–H and O–H groups in total. The van der Waals surface area contributed by atoms with Crippen LogP contribution < -0.4 is 5.11 Å². The monoisotopic (exact) mass is 301 g/mol. The molecule has 0 fully saturated rings. The Morgan fingerprint density at radius 2 is 1.71 bits per heavy atom. The number of rotatable bonds is 9. The Bertz CT molecular complexity index is 397. The lowest BCUT2D eigenvalue weighted by Crippen LogP contribution is -2.58. The molecular weight excluding hydrogens is 274 g/mol. The SMILES string of the molecule is CCCC(=O)C(CC(=O)[O-])(C[N+](C)(C)C)OC(=O)C(C)C. The highest BCUT2D eigenvalue weighted by Crippen LogP contribution is 2.25. The Labute approximate surface area is 126 Å². The standard InChI is InChI=1S/C15H27NO5/c1-7-8-12(17)15(9-13(18)19,10-16(4,5)6)21-14(20)11(2)3/h11H,7-10H2,1-6H3. The lowest BCUT2D eigenvalue weighted by molar-refractivity contribution is -0.875. The van der Waals surface area contributed by atoms with Gasteiger partial charge >= 0.3 is 5.97 Å². The minimum absolute atomic E-state index is 0.0955. The molecule has 0 spiro atoms. The van der Waals surface area contributed by atoms with E-state index in [2.05, 4.69) is 0 Å².